The highest BCUT2D eigenvalue weighted by Gasteiger charge is 2.59. The maximum atomic E-state index is 12.4. The highest BCUT2D eigenvalue weighted by atomic mass is 16.2. The molecular weight excluding hydrogens is 378 g/mol. The zero-order valence-corrected chi connectivity index (χ0v) is 17.2. The van der Waals surface area contributed by atoms with E-state index in [1.54, 1.807) is 0 Å². The Labute approximate surface area is 175 Å². The van der Waals surface area contributed by atoms with Gasteiger partial charge in [-0.15, -0.1) is 0 Å². The Morgan fingerprint density at radius 1 is 1.17 bits per heavy atom. The van der Waals surface area contributed by atoms with E-state index in [0.717, 1.165) is 42.4 Å². The van der Waals surface area contributed by atoms with Crippen molar-refractivity contribution in [2.24, 2.45) is 17.8 Å². The minimum absolute atomic E-state index is 0.123. The predicted octanol–water partition coefficient (Wildman–Crippen LogP) is 1.87. The average molecular weight is 403 g/mol. The van der Waals surface area contributed by atoms with Crippen LogP contribution < -0.4 is 5.32 Å². The third-order valence-electron chi connectivity index (χ3n) is 6.13. The zero-order chi connectivity index (χ0) is 20.7. The second kappa shape index (κ2) is 7.60. The number of rotatable bonds is 6. The van der Waals surface area contributed by atoms with Crippen LogP contribution in [0, 0.1) is 31.6 Å². The van der Waals surface area contributed by atoms with Gasteiger partial charge in [-0.25, -0.2) is 15.0 Å². The van der Waals surface area contributed by atoms with Crippen molar-refractivity contribution in [1.82, 2.24) is 35.4 Å². The smallest absolute Gasteiger partial charge is 0.224 e. The van der Waals surface area contributed by atoms with E-state index in [-0.39, 0.29) is 11.8 Å². The molecule has 1 aliphatic heterocycles. The average Bonchev–Trinajstić information content (AvgIpc) is 3.05. The quantitative estimate of drug-likeness (QED) is 0.652. The monoisotopic (exact) mass is 403 g/mol. The van der Waals surface area contributed by atoms with E-state index >= 15 is 0 Å². The summed E-state index contributed by atoms with van der Waals surface area (Å²) in [6.07, 6.45) is 3.84. The molecule has 30 heavy (non-hydrogen) atoms. The number of nitrogens with zero attached hydrogens (tertiary/aromatic N) is 5. The fraction of sp³-hybridized carbons (Fsp3) is 0.409. The van der Waals surface area contributed by atoms with Gasteiger partial charge in [-0.05, 0) is 31.2 Å². The van der Waals surface area contributed by atoms with Crippen molar-refractivity contribution >= 4 is 5.91 Å². The summed E-state index contributed by atoms with van der Waals surface area (Å²) in [5.74, 6) is 3.30. The molecule has 1 aromatic carbocycles. The molecule has 8 nitrogen and oxygen atoms in total. The van der Waals surface area contributed by atoms with Crippen molar-refractivity contribution in [2.75, 3.05) is 13.1 Å². The lowest BCUT2D eigenvalue weighted by Gasteiger charge is -2.19. The number of benzene rings is 1. The molecule has 8 heteroatoms. The van der Waals surface area contributed by atoms with E-state index in [9.17, 15) is 4.79 Å². The first-order valence-corrected chi connectivity index (χ1v) is 10.3. The second-order valence-electron chi connectivity index (χ2n) is 8.33. The molecule has 1 saturated heterocycles. The number of nitrogens with one attached hydrogen (secondary N) is 2. The molecule has 3 aromatic rings. The summed E-state index contributed by atoms with van der Waals surface area (Å²) >= 11 is 0. The first kappa shape index (κ1) is 18.9. The summed E-state index contributed by atoms with van der Waals surface area (Å²) in [6.45, 7) is 7.02. The molecule has 2 fully saturated rings. The molecule has 2 atom stereocenters. The number of aryl methyl sites for hydroxylation is 2. The molecule has 5 rings (SSSR count). The molecule has 1 saturated carbocycles. The Morgan fingerprint density at radius 2 is 1.90 bits per heavy atom. The predicted molar refractivity (Wildman–Crippen MR) is 111 cm³/mol. The number of carbonyl (C=O) groups excluding carboxylic acids is 1. The van der Waals surface area contributed by atoms with E-state index in [4.69, 9.17) is 0 Å². The number of aromatic amines is 1. The Morgan fingerprint density at radius 3 is 2.57 bits per heavy atom. The largest absolute Gasteiger partial charge is 0.348 e. The second-order valence-corrected chi connectivity index (χ2v) is 8.33. The molecule has 1 amide bonds. The zero-order valence-electron chi connectivity index (χ0n) is 17.2. The Hall–Kier alpha value is -3.13. The maximum absolute atomic E-state index is 12.4. The van der Waals surface area contributed by atoms with Gasteiger partial charge in [0.15, 0.2) is 11.6 Å². The molecule has 0 radical (unpaired) electrons. The van der Waals surface area contributed by atoms with Crippen LogP contribution in [0.15, 0.2) is 36.7 Å². The summed E-state index contributed by atoms with van der Waals surface area (Å²) < 4.78 is 0. The van der Waals surface area contributed by atoms with Gasteiger partial charge >= 0.3 is 0 Å². The molecule has 154 valence electrons. The van der Waals surface area contributed by atoms with Gasteiger partial charge in [-0.3, -0.25) is 14.8 Å². The number of hydrogen-bond donors (Lipinski definition) is 2. The van der Waals surface area contributed by atoms with Crippen LogP contribution in [0.3, 0.4) is 0 Å². The third-order valence-corrected chi connectivity index (χ3v) is 6.13. The van der Waals surface area contributed by atoms with Crippen LogP contribution in [0.4, 0.5) is 0 Å². The molecule has 2 N–H and O–H groups in total. The lowest BCUT2D eigenvalue weighted by atomic mass is 10.1. The fourth-order valence-corrected chi connectivity index (χ4v) is 4.54. The van der Waals surface area contributed by atoms with Gasteiger partial charge in [0.05, 0.1) is 6.54 Å². The van der Waals surface area contributed by atoms with Crippen molar-refractivity contribution in [3.8, 4) is 11.4 Å². The lowest BCUT2D eigenvalue weighted by molar-refractivity contribution is -0.123. The van der Waals surface area contributed by atoms with Crippen molar-refractivity contribution in [3.05, 3.63) is 59.4 Å². The number of aromatic nitrogens is 5. The van der Waals surface area contributed by atoms with E-state index in [2.05, 4.69) is 48.4 Å². The van der Waals surface area contributed by atoms with E-state index in [1.807, 2.05) is 37.5 Å². The van der Waals surface area contributed by atoms with Crippen molar-refractivity contribution in [2.45, 2.75) is 26.9 Å². The first-order chi connectivity index (χ1) is 14.6. The standard InChI is InChI=1S/C22H25N7O/c1-13-5-3-4-6-16(13)21-23-7-15(8-24-21)10-29-11-17-18(12-29)20(17)22(30)25-9-19-26-14(2)27-28-19/h3-8,17-18,20H,9-12H2,1-2H3,(H,25,30)(H,26,27,28). The minimum atomic E-state index is 0.123. The minimum Gasteiger partial charge on any atom is -0.348 e. The highest BCUT2D eigenvalue weighted by Crippen LogP contribution is 2.52. The Kier molecular flexibility index (Phi) is 4.78. The van der Waals surface area contributed by atoms with E-state index < -0.39 is 0 Å². The summed E-state index contributed by atoms with van der Waals surface area (Å²) in [5.41, 5.74) is 3.35. The van der Waals surface area contributed by atoms with Gasteiger partial charge in [-0.2, -0.15) is 5.10 Å². The fourth-order valence-electron chi connectivity index (χ4n) is 4.54. The number of carbonyl (C=O) groups is 1. The van der Waals surface area contributed by atoms with Gasteiger partial charge in [0.2, 0.25) is 5.91 Å². The van der Waals surface area contributed by atoms with Crippen molar-refractivity contribution in [1.29, 1.82) is 0 Å². The number of likely N-dealkylation sites (tertiary alicyclic amines) is 1. The third kappa shape index (κ3) is 3.70. The summed E-state index contributed by atoms with van der Waals surface area (Å²) in [6, 6.07) is 8.15. The van der Waals surface area contributed by atoms with Crippen molar-refractivity contribution in [3.63, 3.8) is 0 Å². The SMILES string of the molecule is Cc1nc(CNC(=O)C2C3CN(Cc4cnc(-c5ccccc5C)nc4)CC32)n[nH]1. The van der Waals surface area contributed by atoms with Gasteiger partial charge in [0.25, 0.3) is 0 Å². The molecular formula is C22H25N7O. The molecule has 2 aromatic heterocycles. The molecule has 2 aliphatic rings. The molecule has 3 heterocycles. The lowest BCUT2D eigenvalue weighted by Crippen LogP contribution is -2.31. The van der Waals surface area contributed by atoms with Crippen LogP contribution in [-0.4, -0.2) is 49.0 Å². The number of piperidine rings is 1. The van der Waals surface area contributed by atoms with Gasteiger partial charge in [-0.1, -0.05) is 24.3 Å². The van der Waals surface area contributed by atoms with Gasteiger partial charge < -0.3 is 5.32 Å². The molecule has 2 unspecified atom stereocenters. The molecule has 0 bridgehead atoms. The Balaban J connectivity index is 1.12. The van der Waals surface area contributed by atoms with E-state index in [0.29, 0.717) is 24.2 Å². The van der Waals surface area contributed by atoms with Crippen molar-refractivity contribution < 1.29 is 4.79 Å². The normalized spacial score (nSPS) is 22.7. The van der Waals surface area contributed by atoms with Crippen LogP contribution in [0.25, 0.3) is 11.4 Å². The van der Waals surface area contributed by atoms with E-state index in [1.165, 1.54) is 5.56 Å². The number of hydrogen-bond acceptors (Lipinski definition) is 6. The van der Waals surface area contributed by atoms with Crippen LogP contribution in [0.2, 0.25) is 0 Å². The summed E-state index contributed by atoms with van der Waals surface area (Å²) in [7, 11) is 0. The van der Waals surface area contributed by atoms with Crippen LogP contribution in [0.1, 0.15) is 22.8 Å². The maximum Gasteiger partial charge on any atom is 0.224 e. The van der Waals surface area contributed by atoms with Gasteiger partial charge in [0, 0.05) is 49.1 Å². The number of fused-ring (bicyclic) bond motifs is 1. The summed E-state index contributed by atoms with van der Waals surface area (Å²) in [5, 5.41) is 9.82. The number of amides is 1. The van der Waals surface area contributed by atoms with Crippen LogP contribution >= 0.6 is 0 Å². The van der Waals surface area contributed by atoms with Crippen LogP contribution in [-0.2, 0) is 17.9 Å². The van der Waals surface area contributed by atoms with Crippen LogP contribution in [0.5, 0.6) is 0 Å². The molecule has 0 spiro atoms. The summed E-state index contributed by atoms with van der Waals surface area (Å²) in [4.78, 5) is 28.2. The highest BCUT2D eigenvalue weighted by molar-refractivity contribution is 5.82. The Bertz CT molecular complexity index is 1050. The topological polar surface area (TPSA) is 99.7 Å². The molecule has 1 aliphatic carbocycles. The number of H-pyrrole nitrogens is 1. The first-order valence-electron chi connectivity index (χ1n) is 10.3. The van der Waals surface area contributed by atoms with Gasteiger partial charge in [0.1, 0.15) is 5.82 Å².